The largest absolute Gasteiger partial charge is 0.394 e. The molecule has 1 aliphatic rings. The van der Waals surface area contributed by atoms with Gasteiger partial charge in [0.05, 0.1) is 6.61 Å². The summed E-state index contributed by atoms with van der Waals surface area (Å²) in [5.74, 6) is 0.547. The number of aryl methyl sites for hydroxylation is 1. The second-order valence-electron chi connectivity index (χ2n) is 4.12. The van der Waals surface area contributed by atoms with E-state index in [-0.39, 0.29) is 6.61 Å². The minimum absolute atomic E-state index is 0.336. The van der Waals surface area contributed by atoms with Crippen molar-refractivity contribution in [2.75, 3.05) is 11.9 Å². The highest BCUT2D eigenvalue weighted by Gasteiger charge is 2.42. The highest BCUT2D eigenvalue weighted by atomic mass is 16.6. The zero-order valence-corrected chi connectivity index (χ0v) is 9.45. The second kappa shape index (κ2) is 4.97. The molecule has 1 saturated heterocycles. The molecule has 0 unspecified atom stereocenters. The van der Waals surface area contributed by atoms with E-state index < -0.39 is 24.5 Å². The van der Waals surface area contributed by atoms with Crippen molar-refractivity contribution < 1.29 is 20.1 Å². The lowest BCUT2D eigenvalue weighted by atomic mass is 10.1. The van der Waals surface area contributed by atoms with E-state index in [1.165, 1.54) is 0 Å². The number of aromatic nitrogens is 1. The number of ether oxygens (including phenoxy) is 1. The Kier molecular flexibility index (Phi) is 3.58. The summed E-state index contributed by atoms with van der Waals surface area (Å²) in [6.07, 6.45) is -2.03. The molecule has 1 aliphatic heterocycles. The lowest BCUT2D eigenvalue weighted by molar-refractivity contribution is -0.0154. The zero-order chi connectivity index (χ0) is 12.4. The second-order valence-corrected chi connectivity index (χ2v) is 4.12. The summed E-state index contributed by atoms with van der Waals surface area (Å²) in [5, 5.41) is 31.0. The Morgan fingerprint density at radius 3 is 2.65 bits per heavy atom. The molecule has 2 rings (SSSR count). The molecule has 17 heavy (non-hydrogen) atoms. The molecule has 6 heteroatoms. The number of pyridine rings is 1. The van der Waals surface area contributed by atoms with E-state index >= 15 is 0 Å². The van der Waals surface area contributed by atoms with Crippen molar-refractivity contribution in [2.45, 2.75) is 31.5 Å². The van der Waals surface area contributed by atoms with Gasteiger partial charge in [0, 0.05) is 6.20 Å². The monoisotopic (exact) mass is 240 g/mol. The van der Waals surface area contributed by atoms with Gasteiger partial charge in [-0.25, -0.2) is 4.98 Å². The Bertz CT molecular complexity index is 370. The van der Waals surface area contributed by atoms with E-state index in [4.69, 9.17) is 9.84 Å². The molecule has 0 aliphatic carbocycles. The molecule has 0 amide bonds. The highest BCUT2D eigenvalue weighted by molar-refractivity contribution is 5.36. The third-order valence-corrected chi connectivity index (χ3v) is 2.74. The number of anilines is 1. The number of hydrogen-bond acceptors (Lipinski definition) is 6. The summed E-state index contributed by atoms with van der Waals surface area (Å²) < 4.78 is 5.27. The van der Waals surface area contributed by atoms with E-state index in [2.05, 4.69) is 10.3 Å². The third-order valence-electron chi connectivity index (χ3n) is 2.74. The SMILES string of the molecule is Cc1ccc(N[C@@H]2O[C@H](CO)[C@@H](O)[C@H]2O)nc1. The normalized spacial score (nSPS) is 32.7. The van der Waals surface area contributed by atoms with Crippen molar-refractivity contribution in [1.82, 2.24) is 4.98 Å². The van der Waals surface area contributed by atoms with Gasteiger partial charge in [0.15, 0.2) is 6.23 Å². The summed E-state index contributed by atoms with van der Waals surface area (Å²) in [5.41, 5.74) is 1.02. The van der Waals surface area contributed by atoms with Crippen LogP contribution in [-0.4, -0.2) is 51.5 Å². The predicted molar refractivity (Wildman–Crippen MR) is 60.4 cm³/mol. The summed E-state index contributed by atoms with van der Waals surface area (Å²) in [4.78, 5) is 4.11. The van der Waals surface area contributed by atoms with Crippen LogP contribution in [0.25, 0.3) is 0 Å². The van der Waals surface area contributed by atoms with E-state index in [0.29, 0.717) is 5.82 Å². The molecule has 94 valence electrons. The lowest BCUT2D eigenvalue weighted by Gasteiger charge is -2.16. The summed E-state index contributed by atoms with van der Waals surface area (Å²) in [6.45, 7) is 1.58. The maximum atomic E-state index is 9.70. The Morgan fingerprint density at radius 1 is 1.35 bits per heavy atom. The quantitative estimate of drug-likeness (QED) is 0.555. The van der Waals surface area contributed by atoms with E-state index in [1.54, 1.807) is 12.3 Å². The number of hydrogen-bond donors (Lipinski definition) is 4. The number of nitrogens with zero attached hydrogens (tertiary/aromatic N) is 1. The average Bonchev–Trinajstić information content (AvgIpc) is 2.60. The van der Waals surface area contributed by atoms with Crippen LogP contribution in [0.3, 0.4) is 0 Å². The number of nitrogens with one attached hydrogen (secondary N) is 1. The molecule has 4 atom stereocenters. The molecule has 2 heterocycles. The van der Waals surface area contributed by atoms with Gasteiger partial charge in [-0.2, -0.15) is 0 Å². The van der Waals surface area contributed by atoms with Crippen LogP contribution in [0, 0.1) is 6.92 Å². The first-order valence-corrected chi connectivity index (χ1v) is 5.43. The standard InChI is InChI=1S/C11H16N2O4/c1-6-2-3-8(12-4-6)13-11-10(16)9(15)7(5-14)17-11/h2-4,7,9-11,14-16H,5H2,1H3,(H,12,13)/t7-,9-,10-,11-/m1/s1. The molecular formula is C11H16N2O4. The summed E-state index contributed by atoms with van der Waals surface area (Å²) in [7, 11) is 0. The van der Waals surface area contributed by atoms with Gasteiger partial charge in [-0.05, 0) is 18.6 Å². The first-order valence-electron chi connectivity index (χ1n) is 5.43. The molecule has 0 aromatic carbocycles. The number of aliphatic hydroxyl groups is 3. The Morgan fingerprint density at radius 2 is 2.12 bits per heavy atom. The minimum atomic E-state index is -1.09. The number of rotatable bonds is 3. The molecule has 0 radical (unpaired) electrons. The van der Waals surface area contributed by atoms with Crippen molar-refractivity contribution in [3.8, 4) is 0 Å². The smallest absolute Gasteiger partial charge is 0.158 e. The van der Waals surface area contributed by atoms with Gasteiger partial charge < -0.3 is 25.4 Å². The minimum Gasteiger partial charge on any atom is -0.394 e. The molecule has 1 fully saturated rings. The van der Waals surface area contributed by atoms with Crippen LogP contribution in [0.1, 0.15) is 5.56 Å². The van der Waals surface area contributed by atoms with Crippen molar-refractivity contribution in [2.24, 2.45) is 0 Å². The van der Waals surface area contributed by atoms with Crippen LogP contribution < -0.4 is 5.32 Å². The van der Waals surface area contributed by atoms with Crippen LogP contribution in [0.2, 0.25) is 0 Å². The van der Waals surface area contributed by atoms with Gasteiger partial charge in [0.2, 0.25) is 0 Å². The highest BCUT2D eigenvalue weighted by Crippen LogP contribution is 2.22. The number of aliphatic hydroxyl groups excluding tert-OH is 3. The van der Waals surface area contributed by atoms with Crippen molar-refractivity contribution >= 4 is 5.82 Å². The predicted octanol–water partition coefficient (Wildman–Crippen LogP) is -0.759. The summed E-state index contributed by atoms with van der Waals surface area (Å²) in [6, 6.07) is 3.63. The first kappa shape index (κ1) is 12.3. The maximum absolute atomic E-state index is 9.70. The Balaban J connectivity index is 2.02. The van der Waals surface area contributed by atoms with Gasteiger partial charge in [-0.1, -0.05) is 6.07 Å². The van der Waals surface area contributed by atoms with Gasteiger partial charge >= 0.3 is 0 Å². The van der Waals surface area contributed by atoms with Gasteiger partial charge in [-0.3, -0.25) is 0 Å². The van der Waals surface area contributed by atoms with Crippen LogP contribution in [-0.2, 0) is 4.74 Å². The topological polar surface area (TPSA) is 94.8 Å². The fraction of sp³-hybridized carbons (Fsp3) is 0.545. The molecule has 1 aromatic heterocycles. The fourth-order valence-electron chi connectivity index (χ4n) is 1.72. The van der Waals surface area contributed by atoms with Crippen molar-refractivity contribution in [3.05, 3.63) is 23.9 Å². The van der Waals surface area contributed by atoms with Crippen molar-refractivity contribution in [1.29, 1.82) is 0 Å². The van der Waals surface area contributed by atoms with Gasteiger partial charge in [0.25, 0.3) is 0 Å². The molecule has 0 bridgehead atoms. The van der Waals surface area contributed by atoms with E-state index in [0.717, 1.165) is 5.56 Å². The molecule has 4 N–H and O–H groups in total. The first-order chi connectivity index (χ1) is 8.11. The molecule has 0 saturated carbocycles. The fourth-order valence-corrected chi connectivity index (χ4v) is 1.72. The molecular weight excluding hydrogens is 224 g/mol. The van der Waals surface area contributed by atoms with Crippen LogP contribution in [0.4, 0.5) is 5.82 Å². The third kappa shape index (κ3) is 2.55. The lowest BCUT2D eigenvalue weighted by Crippen LogP contribution is -2.36. The van der Waals surface area contributed by atoms with Gasteiger partial charge in [-0.15, -0.1) is 0 Å². The van der Waals surface area contributed by atoms with Crippen LogP contribution >= 0.6 is 0 Å². The van der Waals surface area contributed by atoms with Crippen LogP contribution in [0.5, 0.6) is 0 Å². The van der Waals surface area contributed by atoms with Crippen molar-refractivity contribution in [3.63, 3.8) is 0 Å². The molecule has 0 spiro atoms. The maximum Gasteiger partial charge on any atom is 0.158 e. The van der Waals surface area contributed by atoms with E-state index in [1.807, 2.05) is 13.0 Å². The molecule has 1 aromatic rings. The zero-order valence-electron chi connectivity index (χ0n) is 9.45. The Labute approximate surface area is 98.9 Å². The molecule has 6 nitrogen and oxygen atoms in total. The average molecular weight is 240 g/mol. The Hall–Kier alpha value is -1.21. The van der Waals surface area contributed by atoms with Crippen LogP contribution in [0.15, 0.2) is 18.3 Å². The summed E-state index contributed by atoms with van der Waals surface area (Å²) >= 11 is 0. The van der Waals surface area contributed by atoms with E-state index in [9.17, 15) is 10.2 Å². The van der Waals surface area contributed by atoms with Gasteiger partial charge in [0.1, 0.15) is 24.1 Å².